The fourth-order valence-corrected chi connectivity index (χ4v) is 4.95. The average Bonchev–Trinajstić information content (AvgIpc) is 2.91. The van der Waals surface area contributed by atoms with Crippen LogP contribution in [0, 0.1) is 17.8 Å². The van der Waals surface area contributed by atoms with Crippen LogP contribution in [0.25, 0.3) is 0 Å². The summed E-state index contributed by atoms with van der Waals surface area (Å²) < 4.78 is 11.2. The quantitative estimate of drug-likeness (QED) is 0.263. The lowest BCUT2D eigenvalue weighted by atomic mass is 9.88. The summed E-state index contributed by atoms with van der Waals surface area (Å²) >= 11 is 0. The first-order chi connectivity index (χ1) is 18.3. The molecule has 0 bridgehead atoms. The smallest absolute Gasteiger partial charge is 0.345 e. The van der Waals surface area contributed by atoms with Gasteiger partial charge < -0.3 is 20.1 Å². The van der Waals surface area contributed by atoms with Gasteiger partial charge in [0.05, 0.1) is 6.54 Å². The molecule has 0 saturated heterocycles. The highest BCUT2D eigenvalue weighted by Crippen LogP contribution is 2.35. The number of fused-ring (bicyclic) bond motifs is 1. The van der Waals surface area contributed by atoms with Crippen LogP contribution in [-0.2, 0) is 16.1 Å². The van der Waals surface area contributed by atoms with E-state index >= 15 is 0 Å². The number of hydrogen-bond donors (Lipinski definition) is 1. The highest BCUT2D eigenvalue weighted by atomic mass is 16.7. The van der Waals surface area contributed by atoms with Crippen LogP contribution in [0.15, 0.2) is 66.7 Å². The summed E-state index contributed by atoms with van der Waals surface area (Å²) in [5, 5.41) is 0. The molecule has 38 heavy (non-hydrogen) atoms. The first-order valence-corrected chi connectivity index (χ1v) is 13.1. The minimum atomic E-state index is -1.03. The van der Waals surface area contributed by atoms with Crippen LogP contribution >= 0.6 is 0 Å². The number of nitrogens with two attached hydrogens (primary N) is 1. The molecule has 0 radical (unpaired) electrons. The molecular formula is C32H32N2O4. The minimum Gasteiger partial charge on any atom is -0.452 e. The molecule has 6 nitrogen and oxygen atoms in total. The maximum Gasteiger partial charge on any atom is 0.345 e. The fraction of sp³-hybridized carbons (Fsp3) is 0.312. The second-order valence-electron chi connectivity index (χ2n) is 10.4. The van der Waals surface area contributed by atoms with Crippen molar-refractivity contribution in [3.63, 3.8) is 0 Å². The van der Waals surface area contributed by atoms with Crippen LogP contribution in [0.4, 0.5) is 11.4 Å². The fourth-order valence-electron chi connectivity index (χ4n) is 4.95. The Kier molecular flexibility index (Phi) is 7.11. The van der Waals surface area contributed by atoms with E-state index in [0.717, 1.165) is 42.4 Å². The van der Waals surface area contributed by atoms with Gasteiger partial charge in [0.1, 0.15) is 11.3 Å². The summed E-state index contributed by atoms with van der Waals surface area (Å²) in [6.45, 7) is 3.79. The standard InChI is InChI=1S/C32H32N2O4/c1-32(2)37-29-19-18-27(20-28(29)31(36)38-32)34(30(35)25-6-4-3-5-7-25)21-24-12-10-22(11-13-24)8-9-23-14-16-26(33)17-15-23/h10-20,25H,3-7,21,33H2,1-2H3. The van der Waals surface area contributed by atoms with Gasteiger partial charge in [0, 0.05) is 42.3 Å². The van der Waals surface area contributed by atoms with Crippen molar-refractivity contribution < 1.29 is 19.1 Å². The van der Waals surface area contributed by atoms with Crippen molar-refractivity contribution in [1.29, 1.82) is 0 Å². The molecule has 2 aliphatic rings. The predicted octanol–water partition coefficient (Wildman–Crippen LogP) is 6.07. The molecule has 1 fully saturated rings. The number of esters is 1. The van der Waals surface area contributed by atoms with Gasteiger partial charge in [-0.15, -0.1) is 0 Å². The van der Waals surface area contributed by atoms with Gasteiger partial charge in [-0.25, -0.2) is 4.79 Å². The van der Waals surface area contributed by atoms with Gasteiger partial charge in [-0.2, -0.15) is 0 Å². The number of nitrogens with zero attached hydrogens (tertiary/aromatic N) is 1. The molecule has 0 atom stereocenters. The summed E-state index contributed by atoms with van der Waals surface area (Å²) in [5.74, 6) is 5.37. The Labute approximate surface area is 223 Å². The number of nitrogen functional groups attached to an aromatic ring is 1. The highest BCUT2D eigenvalue weighted by molar-refractivity contribution is 5.99. The lowest BCUT2D eigenvalue weighted by Gasteiger charge is -2.33. The largest absolute Gasteiger partial charge is 0.452 e. The molecule has 6 heteroatoms. The van der Waals surface area contributed by atoms with E-state index in [4.69, 9.17) is 15.2 Å². The molecule has 1 saturated carbocycles. The molecule has 1 aliphatic carbocycles. The zero-order chi connectivity index (χ0) is 26.7. The molecule has 1 amide bonds. The van der Waals surface area contributed by atoms with Crippen LogP contribution in [0.5, 0.6) is 5.75 Å². The molecule has 0 unspecified atom stereocenters. The van der Waals surface area contributed by atoms with Crippen molar-refractivity contribution in [3.05, 3.63) is 89.0 Å². The van der Waals surface area contributed by atoms with Gasteiger partial charge in [0.2, 0.25) is 11.7 Å². The lowest BCUT2D eigenvalue weighted by molar-refractivity contribution is -0.127. The van der Waals surface area contributed by atoms with Gasteiger partial charge in [-0.05, 0) is 73.0 Å². The number of rotatable bonds is 4. The van der Waals surface area contributed by atoms with Gasteiger partial charge in [-0.1, -0.05) is 43.2 Å². The zero-order valence-corrected chi connectivity index (χ0v) is 21.8. The third-order valence-electron chi connectivity index (χ3n) is 6.97. The second kappa shape index (κ2) is 10.6. The van der Waals surface area contributed by atoms with Crippen LogP contribution in [0.1, 0.15) is 73.0 Å². The topological polar surface area (TPSA) is 81.9 Å². The molecule has 3 aromatic rings. The van der Waals surface area contributed by atoms with Crippen molar-refractivity contribution in [2.24, 2.45) is 5.92 Å². The van der Waals surface area contributed by atoms with E-state index in [-0.39, 0.29) is 11.8 Å². The van der Waals surface area contributed by atoms with Crippen LogP contribution in [0.2, 0.25) is 0 Å². The Morgan fingerprint density at radius 1 is 0.921 bits per heavy atom. The van der Waals surface area contributed by atoms with Gasteiger partial charge >= 0.3 is 5.97 Å². The molecule has 0 aromatic heterocycles. The van der Waals surface area contributed by atoms with E-state index in [1.54, 1.807) is 30.9 Å². The minimum absolute atomic E-state index is 0.0213. The average molecular weight is 509 g/mol. The van der Waals surface area contributed by atoms with Gasteiger partial charge in [0.25, 0.3) is 0 Å². The number of carbonyl (C=O) groups is 2. The Morgan fingerprint density at radius 3 is 2.21 bits per heavy atom. The van der Waals surface area contributed by atoms with Crippen LogP contribution < -0.4 is 15.4 Å². The second-order valence-corrected chi connectivity index (χ2v) is 10.4. The lowest BCUT2D eigenvalue weighted by Crippen LogP contribution is -2.39. The first kappa shape index (κ1) is 25.4. The molecule has 1 aliphatic heterocycles. The third-order valence-corrected chi connectivity index (χ3v) is 6.97. The highest BCUT2D eigenvalue weighted by Gasteiger charge is 2.35. The van der Waals surface area contributed by atoms with Gasteiger partial charge in [0.15, 0.2) is 0 Å². The number of ether oxygens (including phenoxy) is 2. The number of anilines is 2. The number of carbonyl (C=O) groups excluding carboxylic acids is 2. The molecule has 0 spiro atoms. The zero-order valence-electron chi connectivity index (χ0n) is 21.8. The summed E-state index contributed by atoms with van der Waals surface area (Å²) in [6, 6.07) is 20.7. The monoisotopic (exact) mass is 508 g/mol. The predicted molar refractivity (Wildman–Crippen MR) is 148 cm³/mol. The molecule has 5 rings (SSSR count). The number of hydrogen-bond acceptors (Lipinski definition) is 5. The molecule has 2 N–H and O–H groups in total. The summed E-state index contributed by atoms with van der Waals surface area (Å²) in [5.41, 5.74) is 10.2. The summed E-state index contributed by atoms with van der Waals surface area (Å²) in [7, 11) is 0. The maximum absolute atomic E-state index is 13.8. The molecular weight excluding hydrogens is 476 g/mol. The van der Waals surface area contributed by atoms with E-state index < -0.39 is 11.8 Å². The normalized spacial score (nSPS) is 16.3. The molecule has 3 aromatic carbocycles. The molecule has 1 heterocycles. The van der Waals surface area contributed by atoms with Gasteiger partial charge in [-0.3, -0.25) is 4.79 Å². The van der Waals surface area contributed by atoms with Crippen LogP contribution in [-0.4, -0.2) is 17.7 Å². The van der Waals surface area contributed by atoms with E-state index in [9.17, 15) is 9.59 Å². The molecule has 194 valence electrons. The Bertz CT molecular complexity index is 1390. The van der Waals surface area contributed by atoms with Crippen molar-refractivity contribution >= 4 is 23.3 Å². The van der Waals surface area contributed by atoms with E-state index in [2.05, 4.69) is 11.8 Å². The van der Waals surface area contributed by atoms with E-state index in [1.165, 1.54) is 6.42 Å². The van der Waals surface area contributed by atoms with Crippen molar-refractivity contribution in [2.75, 3.05) is 10.6 Å². The van der Waals surface area contributed by atoms with Crippen molar-refractivity contribution in [1.82, 2.24) is 0 Å². The Morgan fingerprint density at radius 2 is 1.55 bits per heavy atom. The third kappa shape index (κ3) is 5.84. The maximum atomic E-state index is 13.8. The van der Waals surface area contributed by atoms with Crippen molar-refractivity contribution in [2.45, 2.75) is 58.3 Å². The van der Waals surface area contributed by atoms with Crippen molar-refractivity contribution in [3.8, 4) is 17.6 Å². The number of cyclic esters (lactones) is 1. The number of amides is 1. The van der Waals surface area contributed by atoms with E-state index in [0.29, 0.717) is 29.2 Å². The summed E-state index contributed by atoms with van der Waals surface area (Å²) in [6.07, 6.45) is 5.06. The van der Waals surface area contributed by atoms with E-state index in [1.807, 2.05) is 54.6 Å². The number of benzene rings is 3. The first-order valence-electron chi connectivity index (χ1n) is 13.1. The Hall–Kier alpha value is -4.24. The summed E-state index contributed by atoms with van der Waals surface area (Å²) in [4.78, 5) is 28.2. The Balaban J connectivity index is 1.40. The SMILES string of the molecule is CC1(C)OC(=O)c2cc(N(Cc3ccc(C#Cc4ccc(N)cc4)cc3)C(=O)C3CCCCC3)ccc2O1. The van der Waals surface area contributed by atoms with Crippen LogP contribution in [0.3, 0.4) is 0 Å².